The van der Waals surface area contributed by atoms with Crippen molar-refractivity contribution in [1.82, 2.24) is 9.38 Å². The van der Waals surface area contributed by atoms with Gasteiger partial charge in [0.1, 0.15) is 0 Å². The fraction of sp³-hybridized carbons (Fsp3) is 0.227. The van der Waals surface area contributed by atoms with Crippen molar-refractivity contribution in [1.29, 1.82) is 0 Å². The lowest BCUT2D eigenvalue weighted by Crippen LogP contribution is -2.17. The van der Waals surface area contributed by atoms with E-state index in [-0.39, 0.29) is 17.2 Å². The number of para-hydroxylation sites is 1. The molecule has 3 heterocycles. The van der Waals surface area contributed by atoms with E-state index >= 15 is 0 Å². The smallest absolute Gasteiger partial charge is 0.291 e. The molecule has 152 valence electrons. The molecule has 0 radical (unpaired) electrons. The Bertz CT molecular complexity index is 1270. The van der Waals surface area contributed by atoms with Crippen LogP contribution in [-0.2, 0) is 18.6 Å². The number of amides is 1. The van der Waals surface area contributed by atoms with Crippen molar-refractivity contribution in [2.24, 2.45) is 0 Å². The summed E-state index contributed by atoms with van der Waals surface area (Å²) in [7, 11) is 0. The molecule has 0 saturated heterocycles. The summed E-state index contributed by atoms with van der Waals surface area (Å²) in [5.74, 6) is 0.508. The number of thioether (sulfide) groups is 1. The SMILES string of the molecule is O=C(Nc1ccccc1SCc1cc(=O)n2c3c(sc2n1)CCCC3)c1ccco1. The van der Waals surface area contributed by atoms with Gasteiger partial charge in [-0.05, 0) is 49.9 Å². The van der Waals surface area contributed by atoms with Gasteiger partial charge < -0.3 is 9.73 Å². The van der Waals surface area contributed by atoms with Gasteiger partial charge in [0, 0.05) is 27.3 Å². The first-order valence-corrected chi connectivity index (χ1v) is 11.6. The quantitative estimate of drug-likeness (QED) is 0.455. The van der Waals surface area contributed by atoms with Gasteiger partial charge in [0.05, 0.1) is 17.6 Å². The highest BCUT2D eigenvalue weighted by molar-refractivity contribution is 7.98. The minimum absolute atomic E-state index is 0.00518. The summed E-state index contributed by atoms with van der Waals surface area (Å²) in [6, 6.07) is 12.5. The van der Waals surface area contributed by atoms with Gasteiger partial charge in [-0.25, -0.2) is 4.98 Å². The zero-order valence-electron chi connectivity index (χ0n) is 16.1. The summed E-state index contributed by atoms with van der Waals surface area (Å²) >= 11 is 3.18. The molecule has 5 rings (SSSR count). The van der Waals surface area contributed by atoms with Crippen LogP contribution < -0.4 is 10.9 Å². The molecule has 1 amide bonds. The fourth-order valence-corrected chi connectivity index (χ4v) is 5.79. The molecule has 1 N–H and O–H groups in total. The molecule has 4 aromatic rings. The van der Waals surface area contributed by atoms with Crippen LogP contribution in [0.5, 0.6) is 0 Å². The minimum Gasteiger partial charge on any atom is -0.459 e. The Morgan fingerprint density at radius 3 is 2.93 bits per heavy atom. The van der Waals surface area contributed by atoms with Gasteiger partial charge in [0.2, 0.25) is 0 Å². The van der Waals surface area contributed by atoms with Gasteiger partial charge in [0.25, 0.3) is 11.5 Å². The number of furan rings is 1. The molecule has 0 bridgehead atoms. The Morgan fingerprint density at radius 2 is 2.07 bits per heavy atom. The van der Waals surface area contributed by atoms with Gasteiger partial charge in [-0.15, -0.1) is 23.1 Å². The summed E-state index contributed by atoms with van der Waals surface area (Å²) in [4.78, 5) is 32.8. The number of aromatic nitrogens is 2. The number of carbonyl (C=O) groups excluding carboxylic acids is 1. The standard InChI is InChI=1S/C22H19N3O3S2/c26-20-12-14(23-22-25(20)16-7-2-4-10-19(16)30-22)13-29-18-9-3-1-6-15(18)24-21(27)17-8-5-11-28-17/h1,3,5-6,8-9,11-12H,2,4,7,10,13H2,(H,24,27). The molecule has 0 aliphatic heterocycles. The highest BCUT2D eigenvalue weighted by Crippen LogP contribution is 2.31. The number of nitrogens with one attached hydrogen (secondary N) is 1. The van der Waals surface area contributed by atoms with E-state index in [9.17, 15) is 9.59 Å². The first kappa shape index (κ1) is 19.1. The van der Waals surface area contributed by atoms with Crippen LogP contribution in [0.25, 0.3) is 4.96 Å². The van der Waals surface area contributed by atoms with Crippen molar-refractivity contribution >= 4 is 39.7 Å². The Kier molecular flexibility index (Phi) is 5.18. The highest BCUT2D eigenvalue weighted by atomic mass is 32.2. The molecule has 0 spiro atoms. The lowest BCUT2D eigenvalue weighted by atomic mass is 10.0. The van der Waals surface area contributed by atoms with E-state index in [1.165, 1.54) is 17.6 Å². The lowest BCUT2D eigenvalue weighted by Gasteiger charge is -2.11. The minimum atomic E-state index is -0.296. The summed E-state index contributed by atoms with van der Waals surface area (Å²) in [6.07, 6.45) is 5.77. The largest absolute Gasteiger partial charge is 0.459 e. The van der Waals surface area contributed by atoms with Crippen LogP contribution in [0.2, 0.25) is 0 Å². The molecule has 1 aliphatic carbocycles. The summed E-state index contributed by atoms with van der Waals surface area (Å²) < 4.78 is 6.94. The third-order valence-electron chi connectivity index (χ3n) is 5.07. The maximum absolute atomic E-state index is 12.7. The first-order chi connectivity index (χ1) is 14.7. The fourth-order valence-electron chi connectivity index (χ4n) is 3.65. The maximum atomic E-state index is 12.7. The molecule has 8 heteroatoms. The number of aryl methyl sites for hydroxylation is 2. The Balaban J connectivity index is 1.37. The number of hydrogen-bond donors (Lipinski definition) is 1. The van der Waals surface area contributed by atoms with E-state index in [1.807, 2.05) is 24.3 Å². The van der Waals surface area contributed by atoms with Gasteiger partial charge in [-0.1, -0.05) is 12.1 Å². The van der Waals surface area contributed by atoms with Crippen LogP contribution in [0.4, 0.5) is 5.69 Å². The zero-order chi connectivity index (χ0) is 20.5. The highest BCUT2D eigenvalue weighted by Gasteiger charge is 2.19. The normalized spacial score (nSPS) is 13.3. The second-order valence-electron chi connectivity index (χ2n) is 7.10. The van der Waals surface area contributed by atoms with E-state index in [1.54, 1.807) is 45.7 Å². The molecule has 0 saturated carbocycles. The summed E-state index contributed by atoms with van der Waals surface area (Å²) in [5.41, 5.74) is 2.59. The zero-order valence-corrected chi connectivity index (χ0v) is 17.7. The Labute approximate surface area is 181 Å². The van der Waals surface area contributed by atoms with Crippen LogP contribution in [-0.4, -0.2) is 15.3 Å². The van der Waals surface area contributed by atoms with Crippen molar-refractivity contribution in [3.63, 3.8) is 0 Å². The maximum Gasteiger partial charge on any atom is 0.291 e. The van der Waals surface area contributed by atoms with Gasteiger partial charge in [-0.2, -0.15) is 0 Å². The van der Waals surface area contributed by atoms with Crippen LogP contribution in [0.1, 0.15) is 39.7 Å². The van der Waals surface area contributed by atoms with Crippen LogP contribution >= 0.6 is 23.1 Å². The van der Waals surface area contributed by atoms with Crippen LogP contribution in [0.3, 0.4) is 0 Å². The monoisotopic (exact) mass is 437 g/mol. The molecular weight excluding hydrogens is 418 g/mol. The third-order valence-corrected chi connectivity index (χ3v) is 7.32. The van der Waals surface area contributed by atoms with Crippen molar-refractivity contribution in [3.8, 4) is 0 Å². The van der Waals surface area contributed by atoms with E-state index < -0.39 is 0 Å². The molecular formula is C22H19N3O3S2. The number of anilines is 1. The number of rotatable bonds is 5. The molecule has 30 heavy (non-hydrogen) atoms. The molecule has 0 atom stereocenters. The van der Waals surface area contributed by atoms with Gasteiger partial charge >= 0.3 is 0 Å². The molecule has 6 nitrogen and oxygen atoms in total. The predicted octanol–water partition coefficient (Wildman–Crippen LogP) is 4.77. The van der Waals surface area contributed by atoms with Gasteiger partial charge in [0.15, 0.2) is 10.7 Å². The first-order valence-electron chi connectivity index (χ1n) is 9.79. The molecule has 1 aliphatic rings. The Morgan fingerprint density at radius 1 is 1.20 bits per heavy atom. The van der Waals surface area contributed by atoms with E-state index in [0.717, 1.165) is 40.5 Å². The summed E-state index contributed by atoms with van der Waals surface area (Å²) in [5, 5.41) is 2.89. The molecule has 3 aromatic heterocycles. The molecule has 0 unspecified atom stereocenters. The van der Waals surface area contributed by atoms with Crippen LogP contribution in [0, 0.1) is 0 Å². The average Bonchev–Trinajstić information content (AvgIpc) is 3.41. The van der Waals surface area contributed by atoms with E-state index in [2.05, 4.69) is 5.32 Å². The topological polar surface area (TPSA) is 76.6 Å². The van der Waals surface area contributed by atoms with Gasteiger partial charge in [-0.3, -0.25) is 14.0 Å². The van der Waals surface area contributed by atoms with Crippen molar-refractivity contribution in [2.45, 2.75) is 36.3 Å². The molecule has 1 aromatic carbocycles. The second-order valence-corrected chi connectivity index (χ2v) is 9.18. The van der Waals surface area contributed by atoms with Crippen molar-refractivity contribution in [2.75, 3.05) is 5.32 Å². The average molecular weight is 438 g/mol. The lowest BCUT2D eigenvalue weighted by molar-refractivity contribution is 0.0996. The molecule has 0 fully saturated rings. The second kappa shape index (κ2) is 8.12. The number of benzene rings is 1. The Hall–Kier alpha value is -2.84. The summed E-state index contributed by atoms with van der Waals surface area (Å²) in [6.45, 7) is 0. The predicted molar refractivity (Wildman–Crippen MR) is 119 cm³/mol. The van der Waals surface area contributed by atoms with Crippen molar-refractivity contribution in [3.05, 3.63) is 81.1 Å². The van der Waals surface area contributed by atoms with Crippen molar-refractivity contribution < 1.29 is 9.21 Å². The number of thiazole rings is 1. The third kappa shape index (κ3) is 3.68. The van der Waals surface area contributed by atoms with E-state index in [0.29, 0.717) is 11.4 Å². The number of fused-ring (bicyclic) bond motifs is 3. The number of hydrogen-bond acceptors (Lipinski definition) is 6. The van der Waals surface area contributed by atoms with E-state index in [4.69, 9.17) is 9.40 Å². The number of carbonyl (C=O) groups is 1. The number of nitrogens with zero attached hydrogens (tertiary/aromatic N) is 2. The van der Waals surface area contributed by atoms with Crippen LogP contribution in [0.15, 0.2) is 62.8 Å².